The number of phenolic OH excluding ortho intramolecular Hbond substituents is 1. The van der Waals surface area contributed by atoms with E-state index >= 15 is 0 Å². The summed E-state index contributed by atoms with van der Waals surface area (Å²) < 4.78 is 0. The van der Waals surface area contributed by atoms with Crippen LogP contribution in [0.15, 0.2) is 48.5 Å². The number of hydrogen-bond acceptors (Lipinski definition) is 2. The lowest BCUT2D eigenvalue weighted by atomic mass is 9.87. The quantitative estimate of drug-likeness (QED) is 0.887. The Hall–Kier alpha value is -1.80. The third-order valence-corrected chi connectivity index (χ3v) is 4.09. The van der Waals surface area contributed by atoms with E-state index in [9.17, 15) is 5.11 Å². The maximum atomic E-state index is 9.68. The van der Waals surface area contributed by atoms with E-state index in [2.05, 4.69) is 41.7 Å². The number of benzene rings is 2. The summed E-state index contributed by atoms with van der Waals surface area (Å²) in [5.41, 5.74) is 4.03. The highest BCUT2D eigenvalue weighted by Crippen LogP contribution is 2.31. The molecule has 20 heavy (non-hydrogen) atoms. The second kappa shape index (κ2) is 6.10. The van der Waals surface area contributed by atoms with Gasteiger partial charge in [-0.2, -0.15) is 0 Å². The Labute approximate surface area is 120 Å². The molecule has 0 fully saturated rings. The normalized spacial score (nSPS) is 17.7. The Morgan fingerprint density at radius 1 is 1.10 bits per heavy atom. The summed E-state index contributed by atoms with van der Waals surface area (Å²) in [6.07, 6.45) is 4.56. The van der Waals surface area contributed by atoms with E-state index in [1.54, 1.807) is 6.07 Å². The fourth-order valence-corrected chi connectivity index (χ4v) is 3.03. The average Bonchev–Trinajstić information content (AvgIpc) is 2.49. The van der Waals surface area contributed by atoms with Gasteiger partial charge in [0.05, 0.1) is 0 Å². The standard InChI is InChI=1S/C18H21NO/c20-16-10-9-15-7-4-8-18(17(15)13-16)19-12-11-14-5-2-1-3-6-14/h1-3,5-6,9-10,13,18-20H,4,7-8,11-12H2. The number of hydrogen-bond donors (Lipinski definition) is 2. The molecule has 0 saturated heterocycles. The Bertz CT molecular complexity index is 565. The SMILES string of the molecule is Oc1ccc2c(c1)C(NCCc1ccccc1)CCC2. The van der Waals surface area contributed by atoms with Crippen molar-refractivity contribution in [2.45, 2.75) is 31.7 Å². The summed E-state index contributed by atoms with van der Waals surface area (Å²) in [6, 6.07) is 16.7. The van der Waals surface area contributed by atoms with Crippen LogP contribution in [0.3, 0.4) is 0 Å². The second-order valence-electron chi connectivity index (χ2n) is 5.52. The van der Waals surface area contributed by atoms with Crippen LogP contribution in [-0.2, 0) is 12.8 Å². The van der Waals surface area contributed by atoms with Crippen LogP contribution in [0, 0.1) is 0 Å². The van der Waals surface area contributed by atoms with Crippen LogP contribution in [0.5, 0.6) is 5.75 Å². The van der Waals surface area contributed by atoms with E-state index < -0.39 is 0 Å². The molecule has 0 bridgehead atoms. The van der Waals surface area contributed by atoms with E-state index in [0.29, 0.717) is 11.8 Å². The minimum atomic E-state index is 0.375. The van der Waals surface area contributed by atoms with Crippen molar-refractivity contribution < 1.29 is 5.11 Å². The van der Waals surface area contributed by atoms with Gasteiger partial charge in [0.2, 0.25) is 0 Å². The first-order valence-corrected chi connectivity index (χ1v) is 7.42. The molecule has 2 N–H and O–H groups in total. The molecule has 1 atom stereocenters. The van der Waals surface area contributed by atoms with Gasteiger partial charge in [0.1, 0.15) is 5.75 Å². The highest BCUT2D eigenvalue weighted by molar-refractivity contribution is 5.38. The molecule has 0 aliphatic heterocycles. The van der Waals surface area contributed by atoms with Crippen LogP contribution >= 0.6 is 0 Å². The predicted molar refractivity (Wildman–Crippen MR) is 81.9 cm³/mol. The van der Waals surface area contributed by atoms with Crippen LogP contribution in [-0.4, -0.2) is 11.7 Å². The van der Waals surface area contributed by atoms with E-state index in [1.165, 1.54) is 23.1 Å². The molecule has 2 nitrogen and oxygen atoms in total. The Morgan fingerprint density at radius 2 is 1.95 bits per heavy atom. The number of nitrogens with one attached hydrogen (secondary N) is 1. The Balaban J connectivity index is 1.63. The lowest BCUT2D eigenvalue weighted by molar-refractivity contribution is 0.448. The molecule has 0 heterocycles. The monoisotopic (exact) mass is 267 g/mol. The van der Waals surface area contributed by atoms with Gasteiger partial charge < -0.3 is 10.4 Å². The lowest BCUT2D eigenvalue weighted by Crippen LogP contribution is -2.27. The summed E-state index contributed by atoms with van der Waals surface area (Å²) in [4.78, 5) is 0. The molecule has 1 aliphatic rings. The molecule has 3 rings (SSSR count). The van der Waals surface area contributed by atoms with Gasteiger partial charge in [-0.25, -0.2) is 0 Å². The Kier molecular flexibility index (Phi) is 4.03. The van der Waals surface area contributed by atoms with Crippen molar-refractivity contribution >= 4 is 0 Å². The first-order valence-electron chi connectivity index (χ1n) is 7.42. The maximum Gasteiger partial charge on any atom is 0.115 e. The molecule has 2 heteroatoms. The summed E-state index contributed by atoms with van der Waals surface area (Å²) in [7, 11) is 0. The second-order valence-corrected chi connectivity index (χ2v) is 5.52. The smallest absolute Gasteiger partial charge is 0.115 e. The van der Waals surface area contributed by atoms with Crippen LogP contribution < -0.4 is 5.32 Å². The van der Waals surface area contributed by atoms with E-state index in [4.69, 9.17) is 0 Å². The van der Waals surface area contributed by atoms with Crippen molar-refractivity contribution in [2.75, 3.05) is 6.54 Å². The van der Waals surface area contributed by atoms with Crippen LogP contribution in [0.4, 0.5) is 0 Å². The van der Waals surface area contributed by atoms with Crippen molar-refractivity contribution in [3.05, 3.63) is 65.2 Å². The molecule has 2 aromatic rings. The maximum absolute atomic E-state index is 9.68. The zero-order valence-corrected chi connectivity index (χ0v) is 11.7. The molecular weight excluding hydrogens is 246 g/mol. The third kappa shape index (κ3) is 3.02. The van der Waals surface area contributed by atoms with Gasteiger partial charge >= 0.3 is 0 Å². The van der Waals surface area contributed by atoms with Gasteiger partial charge in [0.15, 0.2) is 0 Å². The highest BCUT2D eigenvalue weighted by Gasteiger charge is 2.19. The van der Waals surface area contributed by atoms with Gasteiger partial charge in [-0.15, -0.1) is 0 Å². The summed E-state index contributed by atoms with van der Waals surface area (Å²) in [5.74, 6) is 0.375. The molecule has 104 valence electrons. The van der Waals surface area contributed by atoms with Crippen molar-refractivity contribution in [1.82, 2.24) is 5.32 Å². The molecule has 1 unspecified atom stereocenters. The van der Waals surface area contributed by atoms with E-state index in [0.717, 1.165) is 25.8 Å². The van der Waals surface area contributed by atoms with E-state index in [1.807, 2.05) is 6.07 Å². The number of rotatable bonds is 4. The lowest BCUT2D eigenvalue weighted by Gasteiger charge is -2.26. The first-order chi connectivity index (χ1) is 9.83. The van der Waals surface area contributed by atoms with Gasteiger partial charge in [-0.05, 0) is 61.1 Å². The molecule has 0 radical (unpaired) electrons. The number of aryl methyl sites for hydroxylation is 1. The zero-order chi connectivity index (χ0) is 13.8. The average molecular weight is 267 g/mol. The molecule has 0 saturated carbocycles. The first kappa shape index (κ1) is 13.2. The summed E-state index contributed by atoms with van der Waals surface area (Å²) >= 11 is 0. The number of aromatic hydroxyl groups is 1. The van der Waals surface area contributed by atoms with Crippen LogP contribution in [0.25, 0.3) is 0 Å². The molecule has 0 spiro atoms. The fraction of sp³-hybridized carbons (Fsp3) is 0.333. The van der Waals surface area contributed by atoms with Crippen molar-refractivity contribution in [2.24, 2.45) is 0 Å². The third-order valence-electron chi connectivity index (χ3n) is 4.09. The van der Waals surface area contributed by atoms with Crippen molar-refractivity contribution in [3.63, 3.8) is 0 Å². The van der Waals surface area contributed by atoms with Gasteiger partial charge in [-0.3, -0.25) is 0 Å². The molecule has 2 aromatic carbocycles. The minimum Gasteiger partial charge on any atom is -0.508 e. The number of phenols is 1. The number of fused-ring (bicyclic) bond motifs is 1. The fourth-order valence-electron chi connectivity index (χ4n) is 3.03. The van der Waals surface area contributed by atoms with Gasteiger partial charge in [0, 0.05) is 6.04 Å². The zero-order valence-electron chi connectivity index (χ0n) is 11.7. The van der Waals surface area contributed by atoms with Crippen molar-refractivity contribution in [1.29, 1.82) is 0 Å². The predicted octanol–water partition coefficient (Wildman–Crippen LogP) is 3.60. The van der Waals surface area contributed by atoms with Gasteiger partial charge in [0.25, 0.3) is 0 Å². The summed E-state index contributed by atoms with van der Waals surface area (Å²) in [6.45, 7) is 0.976. The van der Waals surface area contributed by atoms with Crippen molar-refractivity contribution in [3.8, 4) is 5.75 Å². The molecular formula is C18H21NO. The van der Waals surface area contributed by atoms with Crippen LogP contribution in [0.1, 0.15) is 35.6 Å². The molecule has 0 aromatic heterocycles. The van der Waals surface area contributed by atoms with E-state index in [-0.39, 0.29) is 0 Å². The minimum absolute atomic E-state index is 0.375. The molecule has 0 amide bonds. The molecule has 1 aliphatic carbocycles. The Morgan fingerprint density at radius 3 is 2.80 bits per heavy atom. The summed E-state index contributed by atoms with van der Waals surface area (Å²) in [5, 5.41) is 13.3. The topological polar surface area (TPSA) is 32.3 Å². The highest BCUT2D eigenvalue weighted by atomic mass is 16.3. The largest absolute Gasteiger partial charge is 0.508 e. The van der Waals surface area contributed by atoms with Crippen LogP contribution in [0.2, 0.25) is 0 Å². The van der Waals surface area contributed by atoms with Gasteiger partial charge in [-0.1, -0.05) is 36.4 Å².